The van der Waals surface area contributed by atoms with E-state index in [0.29, 0.717) is 32.5 Å². The van der Waals surface area contributed by atoms with Gasteiger partial charge in [-0.1, -0.05) is 91.0 Å². The fraction of sp³-hybridized carbons (Fsp3) is 0.378. The van der Waals surface area contributed by atoms with Crippen LogP contribution in [0.5, 0.6) is 0 Å². The Morgan fingerprint density at radius 3 is 1.68 bits per heavy atom. The molecule has 0 saturated carbocycles. The first-order valence-electron chi connectivity index (χ1n) is 16.7. The van der Waals surface area contributed by atoms with Crippen molar-refractivity contribution in [2.45, 2.75) is 63.9 Å². The van der Waals surface area contributed by atoms with E-state index < -0.39 is 42.1 Å². The summed E-state index contributed by atoms with van der Waals surface area (Å²) in [4.78, 5) is 64.5. The molecule has 5 amide bonds. The highest BCUT2D eigenvalue weighted by atomic mass is 16.6. The maximum absolute atomic E-state index is 13.7. The van der Waals surface area contributed by atoms with Crippen molar-refractivity contribution in [3.05, 3.63) is 108 Å². The summed E-state index contributed by atoms with van der Waals surface area (Å²) in [6.45, 7) is 2.88. The van der Waals surface area contributed by atoms with Crippen LogP contribution in [-0.4, -0.2) is 74.7 Å². The second kappa shape index (κ2) is 22.3. The molecule has 0 bridgehead atoms. The maximum atomic E-state index is 13.7. The Kier molecular flexibility index (Phi) is 17.4. The molecule has 3 aromatic rings. The Hall–Kier alpha value is -5.43. The third-order valence-electron chi connectivity index (χ3n) is 7.56. The fourth-order valence-corrected chi connectivity index (χ4v) is 4.78. The van der Waals surface area contributed by atoms with E-state index in [2.05, 4.69) is 31.9 Å². The zero-order valence-corrected chi connectivity index (χ0v) is 28.6. The molecule has 0 spiro atoms. The number of nitrogens with one attached hydrogen (secondary N) is 6. The molecule has 0 unspecified atom stereocenters. The van der Waals surface area contributed by atoms with Crippen molar-refractivity contribution in [2.75, 3.05) is 26.7 Å². The molecule has 0 aromatic heterocycles. The molecule has 0 aliphatic heterocycles. The minimum Gasteiger partial charge on any atom is -0.445 e. The first-order chi connectivity index (χ1) is 24.2. The first-order valence-corrected chi connectivity index (χ1v) is 16.7. The van der Waals surface area contributed by atoms with Crippen molar-refractivity contribution >= 4 is 29.9 Å². The van der Waals surface area contributed by atoms with E-state index in [-0.39, 0.29) is 32.0 Å². The lowest BCUT2D eigenvalue weighted by Crippen LogP contribution is -2.57. The summed E-state index contributed by atoms with van der Waals surface area (Å²) in [5.74, 6) is -1.53. The van der Waals surface area contributed by atoms with E-state index in [1.807, 2.05) is 91.0 Å². The number of hydrogen-bond acceptors (Lipinski definition) is 8. The molecule has 0 saturated heterocycles. The normalized spacial score (nSPS) is 12.4. The van der Waals surface area contributed by atoms with Crippen LogP contribution in [0.15, 0.2) is 91.0 Å². The fourth-order valence-electron chi connectivity index (χ4n) is 4.78. The number of alkyl carbamates (subject to hydrolysis) is 2. The van der Waals surface area contributed by atoms with Crippen LogP contribution in [0.2, 0.25) is 0 Å². The van der Waals surface area contributed by atoms with Crippen molar-refractivity contribution in [3.63, 3.8) is 0 Å². The number of amides is 5. The summed E-state index contributed by atoms with van der Waals surface area (Å²) in [5, 5.41) is 16.5. The average Bonchev–Trinajstić information content (AvgIpc) is 3.13. The van der Waals surface area contributed by atoms with E-state index >= 15 is 0 Å². The Morgan fingerprint density at radius 2 is 1.10 bits per heavy atom. The number of carbonyl (C=O) groups excluding carboxylic acids is 5. The number of benzene rings is 3. The predicted molar refractivity (Wildman–Crippen MR) is 189 cm³/mol. The Balaban J connectivity index is 1.57. The molecule has 13 nitrogen and oxygen atoms in total. The largest absolute Gasteiger partial charge is 0.445 e. The molecule has 0 heterocycles. The van der Waals surface area contributed by atoms with E-state index in [9.17, 15) is 24.0 Å². The van der Waals surface area contributed by atoms with Crippen LogP contribution >= 0.6 is 0 Å². The van der Waals surface area contributed by atoms with Crippen molar-refractivity contribution in [3.8, 4) is 0 Å². The van der Waals surface area contributed by atoms with Gasteiger partial charge in [-0.05, 0) is 49.9 Å². The second-order valence-corrected chi connectivity index (χ2v) is 11.6. The van der Waals surface area contributed by atoms with Crippen LogP contribution in [0, 0.1) is 0 Å². The molecule has 0 radical (unpaired) electrons. The maximum Gasteiger partial charge on any atom is 0.408 e. The van der Waals surface area contributed by atoms with E-state index in [1.165, 1.54) is 6.92 Å². The molecule has 6 N–H and O–H groups in total. The third kappa shape index (κ3) is 15.2. The summed E-state index contributed by atoms with van der Waals surface area (Å²) in [7, 11) is 1.76. The van der Waals surface area contributed by atoms with Gasteiger partial charge < -0.3 is 41.4 Å². The number of rotatable bonds is 20. The van der Waals surface area contributed by atoms with Crippen LogP contribution in [0.3, 0.4) is 0 Å². The molecule has 3 aromatic carbocycles. The highest BCUT2D eigenvalue weighted by Crippen LogP contribution is 2.08. The highest BCUT2D eigenvalue weighted by Gasteiger charge is 2.28. The molecule has 0 aliphatic carbocycles. The molecule has 268 valence electrons. The van der Waals surface area contributed by atoms with Gasteiger partial charge in [-0.15, -0.1) is 0 Å². The van der Waals surface area contributed by atoms with Crippen LogP contribution in [0.1, 0.15) is 42.9 Å². The van der Waals surface area contributed by atoms with Crippen molar-refractivity contribution in [1.29, 1.82) is 0 Å². The number of likely N-dealkylation sites (N-methyl/N-ethyl adjacent to an activating group) is 1. The summed E-state index contributed by atoms with van der Waals surface area (Å²) in [6, 6.07) is 24.6. The van der Waals surface area contributed by atoms with Crippen LogP contribution in [0.25, 0.3) is 0 Å². The van der Waals surface area contributed by atoms with Gasteiger partial charge in [0.25, 0.3) is 0 Å². The van der Waals surface area contributed by atoms with E-state index in [0.717, 1.165) is 16.7 Å². The number of hydrogen-bond donors (Lipinski definition) is 6. The van der Waals surface area contributed by atoms with Gasteiger partial charge in [0.15, 0.2) is 0 Å². The standard InChI is InChI=1S/C37H48N6O7/c1-27(41-37(48)50-26-30-18-10-5-11-19-30)33(44)43-32(24-28-14-6-3-7-15-28)35(46)42-31(34(45)39-23-22-38-2)20-12-13-21-40-36(47)49-25-29-16-8-4-9-17-29/h3-11,14-19,27,31-32,38H,12-13,20-26H2,1-2H3,(H,39,45)(H,40,47)(H,41,48)(H,42,46)(H,43,44)/t27-,31+,32+/m1/s1. The lowest BCUT2D eigenvalue weighted by molar-refractivity contribution is -0.132. The van der Waals surface area contributed by atoms with Crippen LogP contribution < -0.4 is 31.9 Å². The SMILES string of the molecule is CNCCNC(=O)[C@H](CCCCNC(=O)OCc1ccccc1)NC(=O)[C@H](Cc1ccccc1)NC(=O)[C@@H](C)NC(=O)OCc1ccccc1. The second-order valence-electron chi connectivity index (χ2n) is 11.6. The molecule has 0 aliphatic rings. The third-order valence-corrected chi connectivity index (χ3v) is 7.56. The molecule has 13 heteroatoms. The van der Waals surface area contributed by atoms with Gasteiger partial charge in [-0.3, -0.25) is 14.4 Å². The van der Waals surface area contributed by atoms with Crippen molar-refractivity contribution in [2.24, 2.45) is 0 Å². The lowest BCUT2D eigenvalue weighted by Gasteiger charge is -2.24. The van der Waals surface area contributed by atoms with Gasteiger partial charge in [0, 0.05) is 26.1 Å². The monoisotopic (exact) mass is 688 g/mol. The summed E-state index contributed by atoms with van der Waals surface area (Å²) >= 11 is 0. The number of carbonyl (C=O) groups is 5. The van der Waals surface area contributed by atoms with Crippen LogP contribution in [0.4, 0.5) is 9.59 Å². The Morgan fingerprint density at radius 1 is 0.560 bits per heavy atom. The molecule has 50 heavy (non-hydrogen) atoms. The smallest absolute Gasteiger partial charge is 0.408 e. The number of ether oxygens (including phenoxy) is 2. The molecule has 0 fully saturated rings. The average molecular weight is 689 g/mol. The number of unbranched alkanes of at least 4 members (excludes halogenated alkanes) is 1. The van der Waals surface area contributed by atoms with Crippen molar-refractivity contribution in [1.82, 2.24) is 31.9 Å². The highest BCUT2D eigenvalue weighted by molar-refractivity contribution is 5.93. The summed E-state index contributed by atoms with van der Waals surface area (Å²) in [5.41, 5.74) is 2.46. The lowest BCUT2D eigenvalue weighted by atomic mass is 10.0. The van der Waals surface area contributed by atoms with Gasteiger partial charge in [-0.2, -0.15) is 0 Å². The van der Waals surface area contributed by atoms with Gasteiger partial charge in [-0.25, -0.2) is 9.59 Å². The van der Waals surface area contributed by atoms with Gasteiger partial charge in [0.2, 0.25) is 17.7 Å². The molecule has 3 rings (SSSR count). The first kappa shape index (κ1) is 39.0. The van der Waals surface area contributed by atoms with E-state index in [1.54, 1.807) is 7.05 Å². The van der Waals surface area contributed by atoms with Crippen LogP contribution in [-0.2, 0) is 43.5 Å². The molecule has 3 atom stereocenters. The Bertz CT molecular complexity index is 1480. The van der Waals surface area contributed by atoms with Crippen molar-refractivity contribution < 1.29 is 33.4 Å². The summed E-state index contributed by atoms with van der Waals surface area (Å²) < 4.78 is 10.5. The quantitative estimate of drug-likeness (QED) is 0.0983. The van der Waals surface area contributed by atoms with Gasteiger partial charge in [0.1, 0.15) is 31.3 Å². The minimum absolute atomic E-state index is 0.0340. The molecular formula is C37H48N6O7. The molecular weight excluding hydrogens is 640 g/mol. The Labute approximate surface area is 293 Å². The minimum atomic E-state index is -1.05. The van der Waals surface area contributed by atoms with Gasteiger partial charge in [0.05, 0.1) is 0 Å². The predicted octanol–water partition coefficient (Wildman–Crippen LogP) is 2.95. The zero-order chi connectivity index (χ0) is 36.0. The van der Waals surface area contributed by atoms with Gasteiger partial charge >= 0.3 is 12.2 Å². The van der Waals surface area contributed by atoms with E-state index in [4.69, 9.17) is 9.47 Å². The zero-order valence-electron chi connectivity index (χ0n) is 28.6. The summed E-state index contributed by atoms with van der Waals surface area (Å²) in [6.07, 6.45) is 0.144. The topological polar surface area (TPSA) is 176 Å².